The van der Waals surface area contributed by atoms with Crippen LogP contribution in [0.1, 0.15) is 11.7 Å². The first-order valence-electron chi connectivity index (χ1n) is 4.18. The molecule has 0 bridgehead atoms. The van der Waals surface area contributed by atoms with Crippen molar-refractivity contribution in [1.82, 2.24) is 25.0 Å². The molecular weight excluding hydrogens is 198 g/mol. The van der Waals surface area contributed by atoms with Gasteiger partial charge in [-0.15, -0.1) is 10.2 Å². The van der Waals surface area contributed by atoms with Crippen LogP contribution in [0.25, 0.3) is 0 Å². The number of hydrogen-bond donors (Lipinski definition) is 1. The molecular formula is C7H9N7O. The molecule has 0 aromatic carbocycles. The molecule has 0 spiro atoms. The fourth-order valence-corrected chi connectivity index (χ4v) is 0.976. The van der Waals surface area contributed by atoms with E-state index in [0.29, 0.717) is 17.6 Å². The third-order valence-electron chi connectivity index (χ3n) is 1.62. The van der Waals surface area contributed by atoms with E-state index in [1.807, 2.05) is 0 Å². The van der Waals surface area contributed by atoms with Gasteiger partial charge in [0.15, 0.2) is 5.84 Å². The molecule has 0 saturated carbocycles. The van der Waals surface area contributed by atoms with Crippen LogP contribution in [0.3, 0.4) is 0 Å². The zero-order valence-electron chi connectivity index (χ0n) is 8.25. The van der Waals surface area contributed by atoms with E-state index in [1.54, 1.807) is 14.0 Å². The SMILES string of the molecule is CN=C(Nn1cnnc1)c1noc(C)n1. The Kier molecular flexibility index (Phi) is 2.40. The molecule has 8 heteroatoms. The van der Waals surface area contributed by atoms with Gasteiger partial charge in [0, 0.05) is 14.0 Å². The number of rotatable bonds is 2. The maximum atomic E-state index is 4.84. The Bertz CT molecular complexity index is 457. The van der Waals surface area contributed by atoms with Crippen LogP contribution in [0.15, 0.2) is 22.2 Å². The van der Waals surface area contributed by atoms with Crippen LogP contribution in [0, 0.1) is 6.92 Å². The lowest BCUT2D eigenvalue weighted by Crippen LogP contribution is -2.23. The fourth-order valence-electron chi connectivity index (χ4n) is 0.976. The van der Waals surface area contributed by atoms with Crippen LogP contribution in [-0.4, -0.2) is 37.9 Å². The van der Waals surface area contributed by atoms with Gasteiger partial charge in [0.1, 0.15) is 12.7 Å². The summed E-state index contributed by atoms with van der Waals surface area (Å²) in [5.74, 6) is 1.35. The van der Waals surface area contributed by atoms with Crippen molar-refractivity contribution >= 4 is 5.84 Å². The van der Waals surface area contributed by atoms with Gasteiger partial charge in [-0.2, -0.15) is 4.98 Å². The van der Waals surface area contributed by atoms with Gasteiger partial charge in [0.05, 0.1) is 0 Å². The normalized spacial score (nSPS) is 11.7. The minimum atomic E-state index is 0.392. The Morgan fingerprint density at radius 1 is 1.47 bits per heavy atom. The Labute approximate surface area is 85.0 Å². The lowest BCUT2D eigenvalue weighted by Gasteiger charge is -2.03. The van der Waals surface area contributed by atoms with E-state index >= 15 is 0 Å². The molecule has 8 nitrogen and oxygen atoms in total. The van der Waals surface area contributed by atoms with Gasteiger partial charge in [-0.05, 0) is 0 Å². The third-order valence-corrected chi connectivity index (χ3v) is 1.62. The summed E-state index contributed by atoms with van der Waals surface area (Å²) in [6.45, 7) is 1.71. The molecule has 0 aliphatic carbocycles. The molecule has 0 aliphatic heterocycles. The molecule has 0 atom stereocenters. The minimum absolute atomic E-state index is 0.392. The van der Waals surface area contributed by atoms with Gasteiger partial charge < -0.3 is 4.52 Å². The fraction of sp³-hybridized carbons (Fsp3) is 0.286. The van der Waals surface area contributed by atoms with Crippen molar-refractivity contribution < 1.29 is 4.52 Å². The molecule has 78 valence electrons. The summed E-state index contributed by atoms with van der Waals surface area (Å²) in [5, 5.41) is 11.0. The Hall–Kier alpha value is -2.25. The second-order valence-electron chi connectivity index (χ2n) is 2.69. The van der Waals surface area contributed by atoms with Crippen molar-refractivity contribution in [3.63, 3.8) is 0 Å². The standard InChI is InChI=1S/C7H9N7O/c1-5-11-7(13-15-5)6(8-2)12-14-3-9-10-4-14/h3-4H,1-2H3,(H,8,12). The summed E-state index contributed by atoms with van der Waals surface area (Å²) in [6, 6.07) is 0. The van der Waals surface area contributed by atoms with E-state index < -0.39 is 0 Å². The summed E-state index contributed by atoms with van der Waals surface area (Å²) < 4.78 is 6.38. The zero-order valence-corrected chi connectivity index (χ0v) is 8.25. The smallest absolute Gasteiger partial charge is 0.239 e. The molecule has 0 saturated heterocycles. The highest BCUT2D eigenvalue weighted by molar-refractivity contribution is 6.01. The minimum Gasteiger partial charge on any atom is -0.339 e. The van der Waals surface area contributed by atoms with Gasteiger partial charge in [0.25, 0.3) is 0 Å². The van der Waals surface area contributed by atoms with Crippen molar-refractivity contribution in [2.24, 2.45) is 4.99 Å². The van der Waals surface area contributed by atoms with Crippen molar-refractivity contribution in [3.05, 3.63) is 24.4 Å². The second kappa shape index (κ2) is 3.86. The van der Waals surface area contributed by atoms with Crippen LogP contribution >= 0.6 is 0 Å². The first kappa shape index (κ1) is 9.31. The summed E-state index contributed by atoms with van der Waals surface area (Å²) in [4.78, 5) is 8.03. The molecule has 0 fully saturated rings. The molecule has 2 heterocycles. The summed E-state index contributed by atoms with van der Waals surface area (Å²) >= 11 is 0. The molecule has 15 heavy (non-hydrogen) atoms. The van der Waals surface area contributed by atoms with Crippen LogP contribution in [0.5, 0.6) is 0 Å². The molecule has 1 N–H and O–H groups in total. The predicted octanol–water partition coefficient (Wildman–Crippen LogP) is -0.410. The number of aromatic nitrogens is 5. The van der Waals surface area contributed by atoms with Crippen molar-refractivity contribution in [3.8, 4) is 0 Å². The summed E-state index contributed by atoms with van der Waals surface area (Å²) in [6.07, 6.45) is 3.00. The number of aliphatic imine (C=N–C) groups is 1. The third kappa shape index (κ3) is 1.98. The number of aryl methyl sites for hydroxylation is 1. The van der Waals surface area contributed by atoms with Gasteiger partial charge in [-0.3, -0.25) is 10.4 Å². The average molecular weight is 207 g/mol. The molecule has 2 aromatic rings. The molecule has 0 radical (unpaired) electrons. The highest BCUT2D eigenvalue weighted by Gasteiger charge is 2.09. The quantitative estimate of drug-likeness (QED) is 0.531. The summed E-state index contributed by atoms with van der Waals surface area (Å²) in [5.41, 5.74) is 2.89. The maximum absolute atomic E-state index is 4.84. The lowest BCUT2D eigenvalue weighted by atomic mass is 10.5. The Morgan fingerprint density at radius 3 is 2.73 bits per heavy atom. The first-order valence-corrected chi connectivity index (χ1v) is 4.18. The zero-order chi connectivity index (χ0) is 10.7. The van der Waals surface area contributed by atoms with E-state index in [1.165, 1.54) is 17.3 Å². The van der Waals surface area contributed by atoms with Crippen molar-refractivity contribution in [1.29, 1.82) is 0 Å². The van der Waals surface area contributed by atoms with Crippen LogP contribution < -0.4 is 5.43 Å². The van der Waals surface area contributed by atoms with Gasteiger partial charge >= 0.3 is 0 Å². The number of nitrogens with one attached hydrogen (secondary N) is 1. The van der Waals surface area contributed by atoms with Crippen molar-refractivity contribution in [2.45, 2.75) is 6.92 Å². The molecule has 2 aromatic heterocycles. The molecule has 0 unspecified atom stereocenters. The Balaban J connectivity index is 2.19. The average Bonchev–Trinajstić information content (AvgIpc) is 2.85. The number of nitrogens with zero attached hydrogens (tertiary/aromatic N) is 6. The van der Waals surface area contributed by atoms with Gasteiger partial charge in [-0.1, -0.05) is 5.16 Å². The van der Waals surface area contributed by atoms with E-state index in [2.05, 4.69) is 30.8 Å². The van der Waals surface area contributed by atoms with E-state index in [4.69, 9.17) is 4.52 Å². The molecule has 2 rings (SSSR count). The van der Waals surface area contributed by atoms with E-state index in [-0.39, 0.29) is 0 Å². The summed E-state index contributed by atoms with van der Waals surface area (Å²) in [7, 11) is 1.62. The van der Waals surface area contributed by atoms with E-state index in [0.717, 1.165) is 0 Å². The largest absolute Gasteiger partial charge is 0.339 e. The predicted molar refractivity (Wildman–Crippen MR) is 50.9 cm³/mol. The highest BCUT2D eigenvalue weighted by Crippen LogP contribution is 1.96. The highest BCUT2D eigenvalue weighted by atomic mass is 16.5. The maximum Gasteiger partial charge on any atom is 0.239 e. The first-order chi connectivity index (χ1) is 7.29. The van der Waals surface area contributed by atoms with Gasteiger partial charge in [0.2, 0.25) is 11.7 Å². The van der Waals surface area contributed by atoms with Crippen LogP contribution in [-0.2, 0) is 0 Å². The monoisotopic (exact) mass is 207 g/mol. The topological polar surface area (TPSA) is 94.0 Å². The van der Waals surface area contributed by atoms with Crippen molar-refractivity contribution in [2.75, 3.05) is 12.5 Å². The number of hydrogen-bond acceptors (Lipinski definition) is 6. The van der Waals surface area contributed by atoms with E-state index in [9.17, 15) is 0 Å². The van der Waals surface area contributed by atoms with Gasteiger partial charge in [-0.25, -0.2) is 4.68 Å². The molecule has 0 amide bonds. The number of amidine groups is 1. The lowest BCUT2D eigenvalue weighted by molar-refractivity contribution is 0.391. The molecule has 0 aliphatic rings. The van der Waals surface area contributed by atoms with Crippen LogP contribution in [0.4, 0.5) is 0 Å². The second-order valence-corrected chi connectivity index (χ2v) is 2.69. The van der Waals surface area contributed by atoms with Crippen LogP contribution in [0.2, 0.25) is 0 Å². The Morgan fingerprint density at radius 2 is 2.20 bits per heavy atom.